The second kappa shape index (κ2) is 4.08. The van der Waals surface area contributed by atoms with Gasteiger partial charge in [0.15, 0.2) is 11.5 Å². The molecule has 0 aliphatic carbocycles. The van der Waals surface area contributed by atoms with Gasteiger partial charge in [-0.05, 0) is 26.0 Å². The second-order valence-electron chi connectivity index (χ2n) is 4.10. The van der Waals surface area contributed by atoms with Crippen molar-refractivity contribution in [2.75, 3.05) is 7.11 Å². The zero-order chi connectivity index (χ0) is 12.6. The summed E-state index contributed by atoms with van der Waals surface area (Å²) >= 11 is 0. The van der Waals surface area contributed by atoms with Crippen LogP contribution in [0, 0.1) is 0 Å². The molecule has 5 heteroatoms. The van der Waals surface area contributed by atoms with Crippen LogP contribution >= 0.6 is 0 Å². The average Bonchev–Trinajstić information content (AvgIpc) is 2.28. The van der Waals surface area contributed by atoms with E-state index in [1.165, 1.54) is 23.9 Å². The van der Waals surface area contributed by atoms with Crippen molar-refractivity contribution in [3.63, 3.8) is 0 Å². The van der Waals surface area contributed by atoms with E-state index < -0.39 is 0 Å². The molecule has 1 heterocycles. The molecule has 0 radical (unpaired) electrons. The van der Waals surface area contributed by atoms with E-state index in [0.717, 1.165) is 0 Å². The van der Waals surface area contributed by atoms with Gasteiger partial charge in [0.1, 0.15) is 0 Å². The van der Waals surface area contributed by atoms with E-state index in [-0.39, 0.29) is 23.1 Å². The fourth-order valence-corrected chi connectivity index (χ4v) is 1.71. The Kier molecular flexibility index (Phi) is 2.75. The van der Waals surface area contributed by atoms with E-state index >= 15 is 0 Å². The Morgan fingerprint density at radius 2 is 2.12 bits per heavy atom. The third-order valence-electron chi connectivity index (χ3n) is 2.60. The lowest BCUT2D eigenvalue weighted by Gasteiger charge is -2.10. The first-order chi connectivity index (χ1) is 8.04. The molecular formula is C12H14N2O3. The number of hydrogen-bond acceptors (Lipinski definition) is 4. The number of phenols is 1. The summed E-state index contributed by atoms with van der Waals surface area (Å²) in [4.78, 5) is 12.1. The molecule has 1 aromatic carbocycles. The molecule has 2 aromatic rings. The predicted molar refractivity (Wildman–Crippen MR) is 64.6 cm³/mol. The van der Waals surface area contributed by atoms with Crippen LogP contribution < -0.4 is 10.3 Å². The molecule has 1 aromatic heterocycles. The summed E-state index contributed by atoms with van der Waals surface area (Å²) in [6, 6.07) is 3.01. The largest absolute Gasteiger partial charge is 0.504 e. The predicted octanol–water partition coefficient (Wildman–Crippen LogP) is 1.69. The maximum Gasteiger partial charge on any atom is 0.275 e. The van der Waals surface area contributed by atoms with E-state index in [9.17, 15) is 9.90 Å². The van der Waals surface area contributed by atoms with Crippen molar-refractivity contribution in [2.45, 2.75) is 19.9 Å². The van der Waals surface area contributed by atoms with E-state index in [2.05, 4.69) is 5.10 Å². The second-order valence-corrected chi connectivity index (χ2v) is 4.10. The SMILES string of the molecule is COc1cc2c(=O)n(C(C)C)ncc2cc1O. The van der Waals surface area contributed by atoms with Gasteiger partial charge in [-0.3, -0.25) is 4.79 Å². The maximum atomic E-state index is 12.1. The summed E-state index contributed by atoms with van der Waals surface area (Å²) in [6.45, 7) is 3.77. The Morgan fingerprint density at radius 1 is 1.41 bits per heavy atom. The first kappa shape index (κ1) is 11.4. The number of aromatic nitrogens is 2. The minimum Gasteiger partial charge on any atom is -0.504 e. The lowest BCUT2D eigenvalue weighted by atomic mass is 10.1. The number of fused-ring (bicyclic) bond motifs is 1. The van der Waals surface area contributed by atoms with E-state index in [1.54, 1.807) is 6.20 Å². The smallest absolute Gasteiger partial charge is 0.275 e. The zero-order valence-corrected chi connectivity index (χ0v) is 9.97. The highest BCUT2D eigenvalue weighted by atomic mass is 16.5. The average molecular weight is 234 g/mol. The van der Waals surface area contributed by atoms with Crippen LogP contribution in [-0.2, 0) is 0 Å². The number of aromatic hydroxyl groups is 1. The van der Waals surface area contributed by atoms with E-state index in [1.807, 2.05) is 13.8 Å². The standard InChI is InChI=1S/C12H14N2O3/c1-7(2)14-12(16)9-5-11(17-3)10(15)4-8(9)6-13-14/h4-7,15H,1-3H3. The van der Waals surface area contributed by atoms with Gasteiger partial charge in [0, 0.05) is 5.39 Å². The summed E-state index contributed by atoms with van der Waals surface area (Å²) in [5, 5.41) is 14.8. The fourth-order valence-electron chi connectivity index (χ4n) is 1.71. The topological polar surface area (TPSA) is 64.4 Å². The number of ether oxygens (including phenoxy) is 1. The Bertz CT molecular complexity index is 617. The number of methoxy groups -OCH3 is 1. The minimum atomic E-state index is -0.184. The van der Waals surface area contributed by atoms with Crippen LogP contribution in [0.4, 0.5) is 0 Å². The maximum absolute atomic E-state index is 12.1. The lowest BCUT2D eigenvalue weighted by molar-refractivity contribution is 0.374. The highest BCUT2D eigenvalue weighted by molar-refractivity contribution is 5.84. The lowest BCUT2D eigenvalue weighted by Crippen LogP contribution is -2.24. The van der Waals surface area contributed by atoms with Gasteiger partial charge in [0.2, 0.25) is 0 Å². The van der Waals surface area contributed by atoms with E-state index in [0.29, 0.717) is 10.8 Å². The molecule has 0 atom stereocenters. The highest BCUT2D eigenvalue weighted by Crippen LogP contribution is 2.29. The summed E-state index contributed by atoms with van der Waals surface area (Å²) < 4.78 is 6.39. The molecule has 17 heavy (non-hydrogen) atoms. The third-order valence-corrected chi connectivity index (χ3v) is 2.60. The molecule has 0 bridgehead atoms. The fraction of sp³-hybridized carbons (Fsp3) is 0.333. The van der Waals surface area contributed by atoms with Crippen molar-refractivity contribution >= 4 is 10.8 Å². The Balaban J connectivity index is 2.81. The molecule has 0 aliphatic rings. The molecule has 2 rings (SSSR count). The quantitative estimate of drug-likeness (QED) is 0.858. The van der Waals surface area contributed by atoms with Gasteiger partial charge in [-0.2, -0.15) is 5.10 Å². The van der Waals surface area contributed by atoms with Crippen molar-refractivity contribution in [3.8, 4) is 11.5 Å². The normalized spacial score (nSPS) is 11.1. The molecule has 1 N–H and O–H groups in total. The number of rotatable bonds is 2. The van der Waals surface area contributed by atoms with Gasteiger partial charge < -0.3 is 9.84 Å². The monoisotopic (exact) mass is 234 g/mol. The van der Waals surface area contributed by atoms with Crippen molar-refractivity contribution in [2.24, 2.45) is 0 Å². The first-order valence-electron chi connectivity index (χ1n) is 5.33. The van der Waals surface area contributed by atoms with Gasteiger partial charge in [-0.25, -0.2) is 4.68 Å². The summed E-state index contributed by atoms with van der Waals surface area (Å²) in [6.07, 6.45) is 1.57. The van der Waals surface area contributed by atoms with Crippen LogP contribution in [0.25, 0.3) is 10.8 Å². The van der Waals surface area contributed by atoms with Gasteiger partial charge in [-0.1, -0.05) is 0 Å². The number of nitrogens with zero attached hydrogens (tertiary/aromatic N) is 2. The number of benzene rings is 1. The van der Waals surface area contributed by atoms with Crippen molar-refractivity contribution < 1.29 is 9.84 Å². The minimum absolute atomic E-state index is 0.00324. The Labute approximate surface area is 98.3 Å². The van der Waals surface area contributed by atoms with Crippen LogP contribution in [0.1, 0.15) is 19.9 Å². The van der Waals surface area contributed by atoms with Crippen LogP contribution in [0.5, 0.6) is 11.5 Å². The van der Waals surface area contributed by atoms with Crippen LogP contribution in [-0.4, -0.2) is 22.0 Å². The molecule has 0 saturated carbocycles. The number of hydrogen-bond donors (Lipinski definition) is 1. The molecule has 0 saturated heterocycles. The molecule has 5 nitrogen and oxygen atoms in total. The van der Waals surface area contributed by atoms with Gasteiger partial charge in [0.25, 0.3) is 5.56 Å². The van der Waals surface area contributed by atoms with Crippen molar-refractivity contribution in [3.05, 3.63) is 28.7 Å². The van der Waals surface area contributed by atoms with Crippen molar-refractivity contribution in [1.82, 2.24) is 9.78 Å². The van der Waals surface area contributed by atoms with Crippen LogP contribution in [0.2, 0.25) is 0 Å². The molecule has 0 amide bonds. The Morgan fingerprint density at radius 3 is 2.71 bits per heavy atom. The summed E-state index contributed by atoms with van der Waals surface area (Å²) in [5.74, 6) is 0.291. The number of phenolic OH excluding ortho intramolecular Hbond substituents is 1. The van der Waals surface area contributed by atoms with Gasteiger partial charge in [0.05, 0.1) is 24.7 Å². The summed E-state index contributed by atoms with van der Waals surface area (Å²) in [7, 11) is 1.45. The van der Waals surface area contributed by atoms with Gasteiger partial charge >= 0.3 is 0 Å². The van der Waals surface area contributed by atoms with Crippen LogP contribution in [0.15, 0.2) is 23.1 Å². The Hall–Kier alpha value is -2.04. The summed E-state index contributed by atoms with van der Waals surface area (Å²) in [5.41, 5.74) is -0.184. The molecule has 0 aliphatic heterocycles. The molecule has 0 fully saturated rings. The van der Waals surface area contributed by atoms with Gasteiger partial charge in [-0.15, -0.1) is 0 Å². The molecule has 0 spiro atoms. The van der Waals surface area contributed by atoms with Crippen LogP contribution in [0.3, 0.4) is 0 Å². The zero-order valence-electron chi connectivity index (χ0n) is 9.97. The first-order valence-corrected chi connectivity index (χ1v) is 5.33. The molecule has 0 unspecified atom stereocenters. The molecule has 90 valence electrons. The molecular weight excluding hydrogens is 220 g/mol. The van der Waals surface area contributed by atoms with E-state index in [4.69, 9.17) is 4.74 Å². The highest BCUT2D eigenvalue weighted by Gasteiger charge is 2.10. The third kappa shape index (κ3) is 1.84. The van der Waals surface area contributed by atoms with Crippen molar-refractivity contribution in [1.29, 1.82) is 0 Å².